The predicted molar refractivity (Wildman–Crippen MR) is 70.9 cm³/mol. The van der Waals surface area contributed by atoms with Crippen LogP contribution in [0.2, 0.25) is 0 Å². The van der Waals surface area contributed by atoms with E-state index in [4.69, 9.17) is 5.11 Å². The molecule has 0 aromatic heterocycles. The largest absolute Gasteiger partial charge is 0.480 e. The molecule has 0 aliphatic heterocycles. The van der Waals surface area contributed by atoms with Crippen molar-refractivity contribution in [3.05, 3.63) is 35.9 Å². The van der Waals surface area contributed by atoms with Crippen molar-refractivity contribution in [3.63, 3.8) is 0 Å². The zero-order valence-corrected chi connectivity index (χ0v) is 11.3. The Kier molecular flexibility index (Phi) is 4.67. The minimum absolute atomic E-state index is 0.324. The molecule has 1 rings (SSSR count). The minimum atomic E-state index is -1.05. The maximum atomic E-state index is 11.5. The standard InChI is InChI=1S/C14H19NO4/c1-14(2,3)15(9-11(16)17)12(13(18)19)10-7-5-4-6-8-10/h4-8,12H,9H2,1-3H3,(H,16,17)(H,18,19). The molecule has 0 heterocycles. The summed E-state index contributed by atoms with van der Waals surface area (Å²) < 4.78 is 0. The number of carboxylic acids is 2. The molecule has 104 valence electrons. The zero-order chi connectivity index (χ0) is 14.6. The Morgan fingerprint density at radius 2 is 1.68 bits per heavy atom. The lowest BCUT2D eigenvalue weighted by molar-refractivity contribution is -0.150. The lowest BCUT2D eigenvalue weighted by atomic mass is 9.98. The van der Waals surface area contributed by atoms with Crippen molar-refractivity contribution < 1.29 is 19.8 Å². The molecule has 0 saturated carbocycles. The molecule has 1 atom stereocenters. The molecule has 5 nitrogen and oxygen atoms in total. The molecular formula is C14H19NO4. The van der Waals surface area contributed by atoms with E-state index in [2.05, 4.69) is 0 Å². The second-order valence-electron chi connectivity index (χ2n) is 5.34. The summed E-state index contributed by atoms with van der Waals surface area (Å²) in [6.07, 6.45) is 0. The van der Waals surface area contributed by atoms with Gasteiger partial charge in [-0.15, -0.1) is 0 Å². The van der Waals surface area contributed by atoms with Crippen molar-refractivity contribution in [2.24, 2.45) is 0 Å². The molecular weight excluding hydrogens is 246 g/mol. The third kappa shape index (κ3) is 4.06. The molecule has 0 aliphatic carbocycles. The first-order chi connectivity index (χ1) is 8.73. The number of carbonyl (C=O) groups is 2. The molecule has 0 saturated heterocycles. The average Bonchev–Trinajstić information content (AvgIpc) is 2.27. The van der Waals surface area contributed by atoms with Crippen molar-refractivity contribution in [2.75, 3.05) is 6.54 Å². The quantitative estimate of drug-likeness (QED) is 0.851. The molecule has 0 aliphatic rings. The first kappa shape index (κ1) is 15.2. The lowest BCUT2D eigenvalue weighted by Gasteiger charge is -2.38. The number of hydrogen-bond acceptors (Lipinski definition) is 3. The summed E-state index contributed by atoms with van der Waals surface area (Å²) in [5, 5.41) is 18.4. The second kappa shape index (κ2) is 5.84. The Morgan fingerprint density at radius 3 is 2.05 bits per heavy atom. The van der Waals surface area contributed by atoms with Crippen LogP contribution in [0.3, 0.4) is 0 Å². The molecule has 2 N–H and O–H groups in total. The number of nitrogens with zero attached hydrogens (tertiary/aromatic N) is 1. The first-order valence-electron chi connectivity index (χ1n) is 6.00. The van der Waals surface area contributed by atoms with Gasteiger partial charge in [0.05, 0.1) is 6.54 Å². The number of hydrogen-bond donors (Lipinski definition) is 2. The molecule has 5 heteroatoms. The number of aliphatic carboxylic acids is 2. The van der Waals surface area contributed by atoms with Crippen LogP contribution in [0, 0.1) is 0 Å². The van der Waals surface area contributed by atoms with E-state index in [1.165, 1.54) is 4.90 Å². The lowest BCUT2D eigenvalue weighted by Crippen LogP contribution is -2.49. The molecule has 1 unspecified atom stereocenters. The van der Waals surface area contributed by atoms with Crippen LogP contribution >= 0.6 is 0 Å². The van der Waals surface area contributed by atoms with Crippen LogP contribution in [0.1, 0.15) is 32.4 Å². The maximum absolute atomic E-state index is 11.5. The molecule has 0 spiro atoms. The SMILES string of the molecule is CC(C)(C)N(CC(=O)O)C(C(=O)O)c1ccccc1. The average molecular weight is 265 g/mol. The van der Waals surface area contributed by atoms with Crippen molar-refractivity contribution in [1.29, 1.82) is 0 Å². The van der Waals surface area contributed by atoms with Crippen LogP contribution in [0.25, 0.3) is 0 Å². The van der Waals surface area contributed by atoms with Crippen molar-refractivity contribution in [3.8, 4) is 0 Å². The van der Waals surface area contributed by atoms with E-state index in [0.717, 1.165) is 0 Å². The fraction of sp³-hybridized carbons (Fsp3) is 0.429. The minimum Gasteiger partial charge on any atom is -0.480 e. The topological polar surface area (TPSA) is 77.8 Å². The number of benzene rings is 1. The summed E-state index contributed by atoms with van der Waals surface area (Å²) in [6, 6.07) is 7.69. The zero-order valence-electron chi connectivity index (χ0n) is 11.3. The third-order valence-electron chi connectivity index (χ3n) is 2.83. The van der Waals surface area contributed by atoms with Crippen LogP contribution in [-0.4, -0.2) is 39.1 Å². The van der Waals surface area contributed by atoms with Crippen LogP contribution in [0.4, 0.5) is 0 Å². The van der Waals surface area contributed by atoms with Gasteiger partial charge in [0.2, 0.25) is 0 Å². The van der Waals surface area contributed by atoms with Gasteiger partial charge in [-0.05, 0) is 26.3 Å². The molecule has 0 fully saturated rings. The fourth-order valence-corrected chi connectivity index (χ4v) is 1.95. The summed E-state index contributed by atoms with van der Waals surface area (Å²) in [5.74, 6) is -2.10. The summed E-state index contributed by atoms with van der Waals surface area (Å²) in [4.78, 5) is 24.0. The van der Waals surface area contributed by atoms with E-state index >= 15 is 0 Å². The van der Waals surface area contributed by atoms with E-state index in [9.17, 15) is 14.7 Å². The second-order valence-corrected chi connectivity index (χ2v) is 5.34. The Labute approximate surface area is 112 Å². The first-order valence-corrected chi connectivity index (χ1v) is 6.00. The van der Waals surface area contributed by atoms with E-state index in [1.807, 2.05) is 0 Å². The van der Waals surface area contributed by atoms with E-state index in [1.54, 1.807) is 51.1 Å². The Bertz CT molecular complexity index is 450. The van der Waals surface area contributed by atoms with Crippen molar-refractivity contribution in [2.45, 2.75) is 32.4 Å². The van der Waals surface area contributed by atoms with Gasteiger partial charge in [0.1, 0.15) is 6.04 Å². The monoisotopic (exact) mass is 265 g/mol. The molecule has 0 bridgehead atoms. The van der Waals surface area contributed by atoms with Gasteiger partial charge in [-0.25, -0.2) is 0 Å². The van der Waals surface area contributed by atoms with Gasteiger partial charge in [0.15, 0.2) is 0 Å². The van der Waals surface area contributed by atoms with E-state index < -0.39 is 23.5 Å². The van der Waals surface area contributed by atoms with Crippen LogP contribution in [0.15, 0.2) is 30.3 Å². The summed E-state index contributed by atoms with van der Waals surface area (Å²) in [6.45, 7) is 5.08. The Balaban J connectivity index is 3.21. The third-order valence-corrected chi connectivity index (χ3v) is 2.83. The van der Waals surface area contributed by atoms with Gasteiger partial charge in [0.25, 0.3) is 0 Å². The van der Waals surface area contributed by atoms with E-state index in [0.29, 0.717) is 5.56 Å². The molecule has 0 radical (unpaired) electrons. The summed E-state index contributed by atoms with van der Waals surface area (Å²) in [7, 11) is 0. The molecule has 0 amide bonds. The molecule has 19 heavy (non-hydrogen) atoms. The highest BCUT2D eigenvalue weighted by Crippen LogP contribution is 2.28. The maximum Gasteiger partial charge on any atom is 0.325 e. The van der Waals surface area contributed by atoms with Crippen LogP contribution < -0.4 is 0 Å². The smallest absolute Gasteiger partial charge is 0.325 e. The molecule has 1 aromatic carbocycles. The normalized spacial score (nSPS) is 13.3. The van der Waals surface area contributed by atoms with Gasteiger partial charge >= 0.3 is 11.9 Å². The van der Waals surface area contributed by atoms with Crippen molar-refractivity contribution >= 4 is 11.9 Å². The fourth-order valence-electron chi connectivity index (χ4n) is 1.95. The summed E-state index contributed by atoms with van der Waals surface area (Å²) in [5.41, 5.74) is 0.00303. The number of carboxylic acid groups (broad SMARTS) is 2. The van der Waals surface area contributed by atoms with Gasteiger partial charge in [-0.1, -0.05) is 30.3 Å². The van der Waals surface area contributed by atoms with Crippen LogP contribution in [0.5, 0.6) is 0 Å². The van der Waals surface area contributed by atoms with Gasteiger partial charge < -0.3 is 10.2 Å². The summed E-state index contributed by atoms with van der Waals surface area (Å²) >= 11 is 0. The highest BCUT2D eigenvalue weighted by molar-refractivity contribution is 5.77. The van der Waals surface area contributed by atoms with Crippen LogP contribution in [-0.2, 0) is 9.59 Å². The Hall–Kier alpha value is -1.88. The highest BCUT2D eigenvalue weighted by atomic mass is 16.4. The van der Waals surface area contributed by atoms with Gasteiger partial charge in [-0.2, -0.15) is 0 Å². The van der Waals surface area contributed by atoms with Gasteiger partial charge in [-0.3, -0.25) is 14.5 Å². The highest BCUT2D eigenvalue weighted by Gasteiger charge is 2.35. The predicted octanol–water partition coefficient (Wildman–Crippen LogP) is 2.00. The number of rotatable bonds is 5. The van der Waals surface area contributed by atoms with Crippen molar-refractivity contribution in [1.82, 2.24) is 4.90 Å². The van der Waals surface area contributed by atoms with Gasteiger partial charge in [0, 0.05) is 5.54 Å². The Morgan fingerprint density at radius 1 is 1.16 bits per heavy atom. The van der Waals surface area contributed by atoms with E-state index in [-0.39, 0.29) is 6.54 Å². The molecule has 1 aromatic rings.